The van der Waals surface area contributed by atoms with Crippen LogP contribution in [0.25, 0.3) is 0 Å². The highest BCUT2D eigenvalue weighted by atomic mass is 79.9. The van der Waals surface area contributed by atoms with E-state index in [1.807, 2.05) is 13.8 Å². The summed E-state index contributed by atoms with van der Waals surface area (Å²) in [6.45, 7) is 3.74. The Morgan fingerprint density at radius 2 is 1.92 bits per heavy atom. The van der Waals surface area contributed by atoms with Gasteiger partial charge in [0.25, 0.3) is 0 Å². The van der Waals surface area contributed by atoms with E-state index in [1.165, 1.54) is 12.8 Å². The fourth-order valence-corrected chi connectivity index (χ4v) is 1.54. The Morgan fingerprint density at radius 1 is 1.42 bits per heavy atom. The van der Waals surface area contributed by atoms with E-state index in [2.05, 4.69) is 21.2 Å². The molecule has 0 spiro atoms. The predicted molar refractivity (Wildman–Crippen MR) is 53.4 cm³/mol. The van der Waals surface area contributed by atoms with Crippen LogP contribution in [0.2, 0.25) is 0 Å². The maximum Gasteiger partial charge on any atom is 0.236 e. The molecule has 0 saturated heterocycles. The van der Waals surface area contributed by atoms with Crippen molar-refractivity contribution in [3.63, 3.8) is 0 Å². The molecule has 1 aliphatic rings. The zero-order valence-corrected chi connectivity index (χ0v) is 9.28. The van der Waals surface area contributed by atoms with Gasteiger partial charge >= 0.3 is 0 Å². The molecule has 0 heterocycles. The van der Waals surface area contributed by atoms with Crippen molar-refractivity contribution in [1.82, 2.24) is 5.32 Å². The lowest BCUT2D eigenvalue weighted by atomic mass is 10.1. The molecule has 0 aromatic rings. The van der Waals surface area contributed by atoms with Crippen LogP contribution in [-0.2, 0) is 4.79 Å². The van der Waals surface area contributed by atoms with E-state index in [-0.39, 0.29) is 5.91 Å². The number of nitrogens with one attached hydrogen (secondary N) is 1. The molecule has 3 heteroatoms. The summed E-state index contributed by atoms with van der Waals surface area (Å²) in [7, 11) is 0. The van der Waals surface area contributed by atoms with Gasteiger partial charge in [-0.25, -0.2) is 0 Å². The van der Waals surface area contributed by atoms with Crippen molar-refractivity contribution in [3.8, 4) is 0 Å². The van der Waals surface area contributed by atoms with E-state index < -0.39 is 4.32 Å². The van der Waals surface area contributed by atoms with Crippen molar-refractivity contribution in [2.45, 2.75) is 49.9 Å². The lowest BCUT2D eigenvalue weighted by Gasteiger charge is -2.19. The SMILES string of the molecule is CC(C)(Br)C(=O)NC1CCCC1. The van der Waals surface area contributed by atoms with Crippen molar-refractivity contribution >= 4 is 21.8 Å². The van der Waals surface area contributed by atoms with Crippen LogP contribution >= 0.6 is 15.9 Å². The summed E-state index contributed by atoms with van der Waals surface area (Å²) in [4.78, 5) is 11.5. The largest absolute Gasteiger partial charge is 0.352 e. The zero-order chi connectivity index (χ0) is 9.19. The van der Waals surface area contributed by atoms with Gasteiger partial charge in [-0.2, -0.15) is 0 Å². The van der Waals surface area contributed by atoms with Crippen LogP contribution in [0.15, 0.2) is 0 Å². The Bertz CT molecular complexity index is 168. The first kappa shape index (κ1) is 10.0. The van der Waals surface area contributed by atoms with Gasteiger partial charge in [0.15, 0.2) is 0 Å². The Kier molecular flexibility index (Phi) is 3.16. The highest BCUT2D eigenvalue weighted by molar-refractivity contribution is 9.10. The third kappa shape index (κ3) is 2.77. The van der Waals surface area contributed by atoms with Gasteiger partial charge in [0.1, 0.15) is 0 Å². The average Bonchev–Trinajstić information content (AvgIpc) is 2.37. The van der Waals surface area contributed by atoms with E-state index >= 15 is 0 Å². The maximum atomic E-state index is 11.5. The third-order valence-electron chi connectivity index (χ3n) is 2.23. The maximum absolute atomic E-state index is 11.5. The van der Waals surface area contributed by atoms with Crippen molar-refractivity contribution in [3.05, 3.63) is 0 Å². The lowest BCUT2D eigenvalue weighted by Crippen LogP contribution is -2.42. The quantitative estimate of drug-likeness (QED) is 0.729. The molecule has 2 nitrogen and oxygen atoms in total. The minimum atomic E-state index is -0.421. The van der Waals surface area contributed by atoms with Crippen LogP contribution in [0.5, 0.6) is 0 Å². The molecule has 1 saturated carbocycles. The van der Waals surface area contributed by atoms with Crippen LogP contribution in [0.3, 0.4) is 0 Å². The first-order chi connectivity index (χ1) is 5.50. The van der Waals surface area contributed by atoms with E-state index in [0.717, 1.165) is 12.8 Å². The molecule has 0 radical (unpaired) electrons. The van der Waals surface area contributed by atoms with Gasteiger partial charge in [0.05, 0.1) is 4.32 Å². The van der Waals surface area contributed by atoms with Gasteiger partial charge in [-0.15, -0.1) is 0 Å². The molecule has 0 aromatic heterocycles. The molecule has 0 bridgehead atoms. The fraction of sp³-hybridized carbons (Fsp3) is 0.889. The van der Waals surface area contributed by atoms with E-state index in [4.69, 9.17) is 0 Å². The summed E-state index contributed by atoms with van der Waals surface area (Å²) in [5.41, 5.74) is 0. The van der Waals surface area contributed by atoms with Gasteiger partial charge in [-0.3, -0.25) is 4.79 Å². The normalized spacial score (nSPS) is 19.6. The molecular formula is C9H16BrNO. The molecule has 1 N–H and O–H groups in total. The first-order valence-corrected chi connectivity index (χ1v) is 5.29. The third-order valence-corrected chi connectivity index (χ3v) is 2.59. The van der Waals surface area contributed by atoms with Crippen molar-refractivity contribution in [2.75, 3.05) is 0 Å². The molecule has 0 aliphatic heterocycles. The monoisotopic (exact) mass is 233 g/mol. The van der Waals surface area contributed by atoms with Gasteiger partial charge in [-0.1, -0.05) is 28.8 Å². The number of amides is 1. The van der Waals surface area contributed by atoms with Gasteiger partial charge in [0, 0.05) is 6.04 Å². The molecular weight excluding hydrogens is 218 g/mol. The Labute approximate surface area is 82.2 Å². The molecule has 1 rings (SSSR count). The Morgan fingerprint density at radius 3 is 2.33 bits per heavy atom. The second-order valence-electron chi connectivity index (χ2n) is 3.93. The number of carbonyl (C=O) groups is 1. The van der Waals surface area contributed by atoms with E-state index in [9.17, 15) is 4.79 Å². The summed E-state index contributed by atoms with van der Waals surface area (Å²) in [6, 6.07) is 0.425. The number of rotatable bonds is 2. The number of hydrogen-bond donors (Lipinski definition) is 1. The molecule has 0 aromatic carbocycles. The second-order valence-corrected chi connectivity index (χ2v) is 5.91. The standard InChI is InChI=1S/C9H16BrNO/c1-9(2,10)8(12)11-7-5-3-4-6-7/h7H,3-6H2,1-2H3,(H,11,12). The van der Waals surface area contributed by atoms with Crippen LogP contribution < -0.4 is 5.32 Å². The molecule has 1 amide bonds. The highest BCUT2D eigenvalue weighted by Gasteiger charge is 2.26. The topological polar surface area (TPSA) is 29.1 Å². The number of carbonyl (C=O) groups excluding carboxylic acids is 1. The first-order valence-electron chi connectivity index (χ1n) is 4.50. The highest BCUT2D eigenvalue weighted by Crippen LogP contribution is 2.21. The summed E-state index contributed by atoms with van der Waals surface area (Å²) in [5, 5.41) is 3.03. The molecule has 0 unspecified atom stereocenters. The van der Waals surface area contributed by atoms with Crippen molar-refractivity contribution in [2.24, 2.45) is 0 Å². The van der Waals surface area contributed by atoms with Crippen LogP contribution in [0.4, 0.5) is 0 Å². The lowest BCUT2D eigenvalue weighted by molar-refractivity contribution is -0.123. The molecule has 1 aliphatic carbocycles. The molecule has 1 fully saturated rings. The smallest absolute Gasteiger partial charge is 0.236 e. The predicted octanol–water partition coefficient (Wildman–Crippen LogP) is 2.22. The molecule has 12 heavy (non-hydrogen) atoms. The van der Waals surface area contributed by atoms with Gasteiger partial charge < -0.3 is 5.32 Å². The van der Waals surface area contributed by atoms with Crippen LogP contribution in [0.1, 0.15) is 39.5 Å². The number of halogens is 1. The van der Waals surface area contributed by atoms with E-state index in [1.54, 1.807) is 0 Å². The van der Waals surface area contributed by atoms with E-state index in [0.29, 0.717) is 6.04 Å². The summed E-state index contributed by atoms with van der Waals surface area (Å²) in [5.74, 6) is 0.106. The summed E-state index contributed by atoms with van der Waals surface area (Å²) in [6.07, 6.45) is 4.81. The zero-order valence-electron chi connectivity index (χ0n) is 7.69. The van der Waals surface area contributed by atoms with Crippen LogP contribution in [0, 0.1) is 0 Å². The number of alkyl halides is 1. The summed E-state index contributed by atoms with van der Waals surface area (Å²) >= 11 is 3.34. The number of hydrogen-bond acceptors (Lipinski definition) is 1. The van der Waals surface area contributed by atoms with Crippen LogP contribution in [-0.4, -0.2) is 16.3 Å². The van der Waals surface area contributed by atoms with Crippen molar-refractivity contribution in [1.29, 1.82) is 0 Å². The molecule has 0 atom stereocenters. The Balaban J connectivity index is 2.35. The van der Waals surface area contributed by atoms with Crippen molar-refractivity contribution < 1.29 is 4.79 Å². The minimum absolute atomic E-state index is 0.106. The van der Waals surface area contributed by atoms with Gasteiger partial charge in [-0.05, 0) is 26.7 Å². The van der Waals surface area contributed by atoms with Gasteiger partial charge in [0.2, 0.25) is 5.91 Å². The Hall–Kier alpha value is -0.0500. The fourth-order valence-electron chi connectivity index (χ4n) is 1.43. The minimum Gasteiger partial charge on any atom is -0.352 e. The average molecular weight is 234 g/mol. The second kappa shape index (κ2) is 3.77. The molecule has 70 valence electrons. The summed E-state index contributed by atoms with van der Waals surface area (Å²) < 4.78 is -0.421.